The van der Waals surface area contributed by atoms with Crippen molar-refractivity contribution < 1.29 is 28.5 Å². The van der Waals surface area contributed by atoms with E-state index < -0.39 is 17.6 Å². The molecule has 3 aromatic heterocycles. The van der Waals surface area contributed by atoms with E-state index in [1.54, 1.807) is 39.1 Å². The first-order valence-electron chi connectivity index (χ1n) is 13.4. The Morgan fingerprint density at radius 1 is 1.05 bits per heavy atom. The minimum Gasteiger partial charge on any atom is -0.462 e. The van der Waals surface area contributed by atoms with Crippen LogP contribution in [0.15, 0.2) is 48.8 Å². The third kappa shape index (κ3) is 7.37. The maximum atomic E-state index is 13.1. The van der Waals surface area contributed by atoms with Crippen molar-refractivity contribution in [3.8, 4) is 11.3 Å². The summed E-state index contributed by atoms with van der Waals surface area (Å²) >= 11 is 0. The van der Waals surface area contributed by atoms with Crippen LogP contribution in [0.25, 0.3) is 11.3 Å². The minimum absolute atomic E-state index is 0.0458. The van der Waals surface area contributed by atoms with E-state index in [4.69, 9.17) is 4.74 Å². The van der Waals surface area contributed by atoms with Crippen LogP contribution < -0.4 is 5.32 Å². The van der Waals surface area contributed by atoms with Gasteiger partial charge in [-0.05, 0) is 101 Å². The van der Waals surface area contributed by atoms with Gasteiger partial charge in [0.25, 0.3) is 6.43 Å². The molecule has 1 aliphatic carbocycles. The summed E-state index contributed by atoms with van der Waals surface area (Å²) in [7, 11) is 0. The first-order valence-corrected chi connectivity index (χ1v) is 13.4. The SMILES string of the molecule is Cc1cc(Nc2cc(C(F)F)ccn2)nc(-c2ccc(C(C)(O)C3CCC(C(=O)OCC(C)(C)O)CC3)nc2)c1. The van der Waals surface area contributed by atoms with Crippen LogP contribution in [0.5, 0.6) is 0 Å². The maximum Gasteiger partial charge on any atom is 0.309 e. The Balaban J connectivity index is 1.43. The van der Waals surface area contributed by atoms with E-state index in [1.807, 2.05) is 19.1 Å². The number of hydrogen-bond donors (Lipinski definition) is 3. The summed E-state index contributed by atoms with van der Waals surface area (Å²) in [6, 6.07) is 9.87. The number of hydrogen-bond acceptors (Lipinski definition) is 8. The molecule has 1 unspecified atom stereocenters. The number of nitrogens with one attached hydrogen (secondary N) is 1. The largest absolute Gasteiger partial charge is 0.462 e. The molecule has 1 saturated carbocycles. The molecule has 40 heavy (non-hydrogen) atoms. The zero-order valence-corrected chi connectivity index (χ0v) is 23.2. The minimum atomic E-state index is -2.59. The van der Waals surface area contributed by atoms with Crippen molar-refractivity contribution in [3.63, 3.8) is 0 Å². The van der Waals surface area contributed by atoms with Crippen LogP contribution in [-0.4, -0.2) is 43.3 Å². The van der Waals surface area contributed by atoms with Gasteiger partial charge in [-0.2, -0.15) is 0 Å². The fraction of sp³-hybridized carbons (Fsp3) is 0.467. The second-order valence-electron chi connectivity index (χ2n) is 11.4. The Bertz CT molecular complexity index is 1320. The number of anilines is 2. The molecule has 0 aliphatic heterocycles. The predicted molar refractivity (Wildman–Crippen MR) is 147 cm³/mol. The number of pyridine rings is 3. The van der Waals surface area contributed by atoms with Crippen molar-refractivity contribution in [1.29, 1.82) is 0 Å². The zero-order chi connectivity index (χ0) is 29.1. The standard InChI is InChI=1S/C30H36F2N4O4/c1-18-13-23(35-26(14-18)36-25-15-20(27(31)32)11-12-33-25)21-7-10-24(34-16-21)30(4,39)22-8-5-19(6-9-22)28(37)40-17-29(2,3)38/h7,10-16,19,22,27,38-39H,5-6,8-9,17H2,1-4H3,(H,33,35,36). The van der Waals surface area contributed by atoms with E-state index in [2.05, 4.69) is 20.3 Å². The lowest BCUT2D eigenvalue weighted by Crippen LogP contribution is -2.37. The molecule has 1 aliphatic rings. The van der Waals surface area contributed by atoms with Gasteiger partial charge in [0.05, 0.1) is 22.9 Å². The fourth-order valence-electron chi connectivity index (χ4n) is 4.97. The van der Waals surface area contributed by atoms with Gasteiger partial charge in [-0.1, -0.05) is 0 Å². The van der Waals surface area contributed by atoms with Crippen LogP contribution in [0.1, 0.15) is 69.7 Å². The van der Waals surface area contributed by atoms with Crippen LogP contribution in [0, 0.1) is 18.8 Å². The topological polar surface area (TPSA) is 117 Å². The van der Waals surface area contributed by atoms with E-state index >= 15 is 0 Å². The molecule has 4 rings (SSSR count). The van der Waals surface area contributed by atoms with Gasteiger partial charge in [-0.25, -0.2) is 18.7 Å². The normalized spacial score (nSPS) is 19.2. The summed E-state index contributed by atoms with van der Waals surface area (Å²) in [4.78, 5) is 25.7. The number of aliphatic hydroxyl groups is 2. The lowest BCUT2D eigenvalue weighted by Gasteiger charge is -2.37. The summed E-state index contributed by atoms with van der Waals surface area (Å²) in [5, 5.41) is 24.2. The Hall–Kier alpha value is -3.50. The van der Waals surface area contributed by atoms with Gasteiger partial charge in [0, 0.05) is 23.5 Å². The van der Waals surface area contributed by atoms with E-state index in [1.165, 1.54) is 18.3 Å². The van der Waals surface area contributed by atoms with E-state index in [0.717, 1.165) is 11.1 Å². The number of aryl methyl sites for hydroxylation is 1. The molecule has 0 bridgehead atoms. The first-order chi connectivity index (χ1) is 18.8. The summed E-state index contributed by atoms with van der Waals surface area (Å²) < 4.78 is 31.4. The van der Waals surface area contributed by atoms with Gasteiger partial charge in [0.2, 0.25) is 0 Å². The summed E-state index contributed by atoms with van der Waals surface area (Å²) in [5.41, 5.74) is 0.426. The molecule has 214 valence electrons. The molecule has 0 spiro atoms. The Morgan fingerprint density at radius 3 is 2.40 bits per heavy atom. The van der Waals surface area contributed by atoms with Crippen molar-refractivity contribution in [2.24, 2.45) is 11.8 Å². The first kappa shape index (κ1) is 29.5. The van der Waals surface area contributed by atoms with Crippen molar-refractivity contribution in [1.82, 2.24) is 15.0 Å². The summed E-state index contributed by atoms with van der Waals surface area (Å²) in [5.74, 6) is 0.107. The van der Waals surface area contributed by atoms with Crippen LogP contribution >= 0.6 is 0 Å². The van der Waals surface area contributed by atoms with Gasteiger partial charge in [-0.15, -0.1) is 0 Å². The molecule has 8 nitrogen and oxygen atoms in total. The van der Waals surface area contributed by atoms with E-state index in [-0.39, 0.29) is 35.8 Å². The Kier molecular flexibility index (Phi) is 8.80. The number of esters is 1. The van der Waals surface area contributed by atoms with Gasteiger partial charge < -0.3 is 20.3 Å². The molecule has 0 amide bonds. The molecular formula is C30H36F2N4O4. The maximum absolute atomic E-state index is 13.1. The fourth-order valence-corrected chi connectivity index (χ4v) is 4.97. The van der Waals surface area contributed by atoms with Gasteiger partial charge in [-0.3, -0.25) is 9.78 Å². The van der Waals surface area contributed by atoms with Gasteiger partial charge in [0.15, 0.2) is 0 Å². The summed E-state index contributed by atoms with van der Waals surface area (Å²) in [6.07, 6.45) is 2.88. The van der Waals surface area contributed by atoms with Crippen molar-refractivity contribution in [2.75, 3.05) is 11.9 Å². The molecule has 3 heterocycles. The number of carbonyl (C=O) groups is 1. The lowest BCUT2D eigenvalue weighted by molar-refractivity contribution is -0.157. The van der Waals surface area contributed by atoms with Crippen LogP contribution in [0.3, 0.4) is 0 Å². The highest BCUT2D eigenvalue weighted by molar-refractivity contribution is 5.72. The van der Waals surface area contributed by atoms with Crippen LogP contribution in [0.2, 0.25) is 0 Å². The number of nitrogens with zero attached hydrogens (tertiary/aromatic N) is 3. The molecule has 3 N–H and O–H groups in total. The number of rotatable bonds is 9. The molecule has 10 heteroatoms. The number of ether oxygens (including phenoxy) is 1. The lowest BCUT2D eigenvalue weighted by atomic mass is 9.73. The van der Waals surface area contributed by atoms with E-state index in [0.29, 0.717) is 42.9 Å². The van der Waals surface area contributed by atoms with E-state index in [9.17, 15) is 23.8 Å². The molecule has 0 saturated heterocycles. The monoisotopic (exact) mass is 554 g/mol. The Morgan fingerprint density at radius 2 is 1.77 bits per heavy atom. The number of aromatic nitrogens is 3. The second-order valence-corrected chi connectivity index (χ2v) is 11.4. The second kappa shape index (κ2) is 11.9. The van der Waals surface area contributed by atoms with Crippen LogP contribution in [-0.2, 0) is 15.1 Å². The quantitative estimate of drug-likeness (QED) is 0.282. The molecule has 1 fully saturated rings. The highest BCUT2D eigenvalue weighted by Crippen LogP contribution is 2.41. The number of carbonyl (C=O) groups excluding carboxylic acids is 1. The predicted octanol–water partition coefficient (Wildman–Crippen LogP) is 5.86. The highest BCUT2D eigenvalue weighted by atomic mass is 19.3. The molecule has 3 aromatic rings. The smallest absolute Gasteiger partial charge is 0.309 e. The zero-order valence-electron chi connectivity index (χ0n) is 23.2. The van der Waals surface area contributed by atoms with Crippen LogP contribution in [0.4, 0.5) is 20.4 Å². The van der Waals surface area contributed by atoms with Gasteiger partial charge in [0.1, 0.15) is 23.8 Å². The molecule has 0 aromatic carbocycles. The van der Waals surface area contributed by atoms with Crippen molar-refractivity contribution >= 4 is 17.6 Å². The van der Waals surface area contributed by atoms with Gasteiger partial charge >= 0.3 is 5.97 Å². The molecule has 1 atom stereocenters. The molecular weight excluding hydrogens is 518 g/mol. The Labute approximate surface area is 232 Å². The van der Waals surface area contributed by atoms with Crippen molar-refractivity contribution in [3.05, 3.63) is 65.6 Å². The average Bonchev–Trinajstić information content (AvgIpc) is 2.91. The number of halogens is 2. The van der Waals surface area contributed by atoms with Crippen molar-refractivity contribution in [2.45, 2.75) is 71.0 Å². The third-order valence-corrected chi connectivity index (χ3v) is 7.26. The number of alkyl halides is 2. The molecule has 0 radical (unpaired) electrons. The summed E-state index contributed by atoms with van der Waals surface area (Å²) in [6.45, 7) is 6.79. The highest BCUT2D eigenvalue weighted by Gasteiger charge is 2.39. The third-order valence-electron chi connectivity index (χ3n) is 7.26. The average molecular weight is 555 g/mol.